The van der Waals surface area contributed by atoms with Crippen molar-refractivity contribution in [3.05, 3.63) is 17.8 Å². The molecule has 0 amide bonds. The van der Waals surface area contributed by atoms with E-state index in [0.717, 1.165) is 0 Å². The highest BCUT2D eigenvalue weighted by molar-refractivity contribution is 5.86. The molecule has 2 aromatic heterocycles. The van der Waals surface area contributed by atoms with Crippen molar-refractivity contribution in [3.8, 4) is 0 Å². The van der Waals surface area contributed by atoms with Crippen LogP contribution in [0.4, 0.5) is 12.0 Å². The number of hydrogen-bond donors (Lipinski definition) is 1. The zero-order chi connectivity index (χ0) is 15.2. The molecule has 0 bridgehead atoms. The lowest BCUT2D eigenvalue weighted by atomic mass is 10.4. The van der Waals surface area contributed by atoms with Crippen LogP contribution in [0.2, 0.25) is 0 Å². The van der Waals surface area contributed by atoms with E-state index in [0.29, 0.717) is 24.8 Å². The van der Waals surface area contributed by atoms with E-state index in [4.69, 9.17) is 13.7 Å². The van der Waals surface area contributed by atoms with Gasteiger partial charge in [-0.25, -0.2) is 9.78 Å². The molecular formula is C12H17N5O4. The molecule has 0 aliphatic heterocycles. The molecule has 0 saturated heterocycles. The highest BCUT2D eigenvalue weighted by Crippen LogP contribution is 2.11. The van der Waals surface area contributed by atoms with Gasteiger partial charge in [0.15, 0.2) is 0 Å². The van der Waals surface area contributed by atoms with Crippen molar-refractivity contribution >= 4 is 17.9 Å². The van der Waals surface area contributed by atoms with E-state index in [9.17, 15) is 4.79 Å². The first-order chi connectivity index (χ1) is 10.1. The number of oxazole rings is 1. The summed E-state index contributed by atoms with van der Waals surface area (Å²) in [7, 11) is 3.66. The molecule has 0 aliphatic rings. The SMILES string of the molecule is CCOC(=O)c1cnc(NCCc2nc(N(C)C)no2)o1. The number of aromatic nitrogens is 3. The summed E-state index contributed by atoms with van der Waals surface area (Å²) in [5.41, 5.74) is 0. The van der Waals surface area contributed by atoms with Gasteiger partial charge in [-0.15, -0.1) is 0 Å². The fourth-order valence-electron chi connectivity index (χ4n) is 1.46. The Kier molecular flexibility index (Phi) is 4.75. The van der Waals surface area contributed by atoms with Crippen molar-refractivity contribution in [1.82, 2.24) is 15.1 Å². The first-order valence-corrected chi connectivity index (χ1v) is 6.47. The molecule has 2 aromatic rings. The molecule has 1 N–H and O–H groups in total. The second-order valence-corrected chi connectivity index (χ2v) is 4.31. The number of rotatable bonds is 7. The van der Waals surface area contributed by atoms with Crippen LogP contribution in [0.3, 0.4) is 0 Å². The van der Waals surface area contributed by atoms with E-state index in [1.165, 1.54) is 6.20 Å². The molecular weight excluding hydrogens is 278 g/mol. The third-order valence-electron chi connectivity index (χ3n) is 2.45. The van der Waals surface area contributed by atoms with Gasteiger partial charge in [-0.1, -0.05) is 0 Å². The lowest BCUT2D eigenvalue weighted by Crippen LogP contribution is -2.10. The molecule has 0 aromatic carbocycles. The smallest absolute Gasteiger partial charge is 0.376 e. The summed E-state index contributed by atoms with van der Waals surface area (Å²) in [6.07, 6.45) is 1.83. The van der Waals surface area contributed by atoms with Gasteiger partial charge >= 0.3 is 5.97 Å². The summed E-state index contributed by atoms with van der Waals surface area (Å²) in [5.74, 6) is 0.548. The van der Waals surface area contributed by atoms with Crippen molar-refractivity contribution in [2.24, 2.45) is 0 Å². The first-order valence-electron chi connectivity index (χ1n) is 6.47. The van der Waals surface area contributed by atoms with Crippen LogP contribution >= 0.6 is 0 Å². The van der Waals surface area contributed by atoms with Crippen LogP contribution in [-0.4, -0.2) is 48.3 Å². The maximum Gasteiger partial charge on any atom is 0.376 e. The van der Waals surface area contributed by atoms with Crippen LogP contribution in [0, 0.1) is 0 Å². The number of carbonyl (C=O) groups is 1. The van der Waals surface area contributed by atoms with E-state index in [-0.39, 0.29) is 18.4 Å². The minimum atomic E-state index is -0.537. The van der Waals surface area contributed by atoms with Crippen molar-refractivity contribution in [3.63, 3.8) is 0 Å². The molecule has 2 rings (SSSR count). The molecule has 2 heterocycles. The summed E-state index contributed by atoms with van der Waals surface area (Å²) in [5, 5.41) is 6.72. The van der Waals surface area contributed by atoms with Crippen molar-refractivity contribution in [2.75, 3.05) is 37.5 Å². The zero-order valence-electron chi connectivity index (χ0n) is 12.1. The minimum Gasteiger partial charge on any atom is -0.460 e. The average molecular weight is 295 g/mol. The third kappa shape index (κ3) is 3.94. The largest absolute Gasteiger partial charge is 0.460 e. The highest BCUT2D eigenvalue weighted by atomic mass is 16.5. The molecule has 0 unspecified atom stereocenters. The number of hydrogen-bond acceptors (Lipinski definition) is 9. The van der Waals surface area contributed by atoms with Crippen molar-refractivity contribution in [2.45, 2.75) is 13.3 Å². The van der Waals surface area contributed by atoms with Crippen LogP contribution in [0.15, 0.2) is 15.1 Å². The Morgan fingerprint density at radius 2 is 2.29 bits per heavy atom. The fourth-order valence-corrected chi connectivity index (χ4v) is 1.46. The predicted molar refractivity (Wildman–Crippen MR) is 73.3 cm³/mol. The van der Waals surface area contributed by atoms with Crippen LogP contribution in [0.1, 0.15) is 23.4 Å². The summed E-state index contributed by atoms with van der Waals surface area (Å²) in [6, 6.07) is 0.241. The molecule has 114 valence electrons. The van der Waals surface area contributed by atoms with Gasteiger partial charge in [0.1, 0.15) is 0 Å². The van der Waals surface area contributed by atoms with Gasteiger partial charge in [0.25, 0.3) is 12.0 Å². The molecule has 0 atom stereocenters. The second kappa shape index (κ2) is 6.73. The fraction of sp³-hybridized carbons (Fsp3) is 0.500. The van der Waals surface area contributed by atoms with Gasteiger partial charge in [0.05, 0.1) is 12.8 Å². The molecule has 9 nitrogen and oxygen atoms in total. The summed E-state index contributed by atoms with van der Waals surface area (Å²) in [4.78, 5) is 21.3. The Morgan fingerprint density at radius 1 is 1.48 bits per heavy atom. The Balaban J connectivity index is 1.81. The summed E-state index contributed by atoms with van der Waals surface area (Å²) >= 11 is 0. The van der Waals surface area contributed by atoms with Crippen molar-refractivity contribution in [1.29, 1.82) is 0 Å². The Labute approximate surface area is 121 Å². The van der Waals surface area contributed by atoms with Gasteiger partial charge in [-0.2, -0.15) is 4.98 Å². The van der Waals surface area contributed by atoms with Gasteiger partial charge in [0, 0.05) is 27.1 Å². The van der Waals surface area contributed by atoms with E-state index >= 15 is 0 Å². The van der Waals surface area contributed by atoms with Crippen LogP contribution in [-0.2, 0) is 11.2 Å². The third-order valence-corrected chi connectivity index (χ3v) is 2.45. The Morgan fingerprint density at radius 3 is 2.95 bits per heavy atom. The standard InChI is InChI=1S/C12H17N5O4/c1-4-19-10(18)8-7-14-12(20-8)13-6-5-9-15-11(16-21-9)17(2)3/h7H,4-6H2,1-3H3,(H,13,14). The second-order valence-electron chi connectivity index (χ2n) is 4.31. The van der Waals surface area contributed by atoms with E-state index in [1.807, 2.05) is 14.1 Å². The molecule has 21 heavy (non-hydrogen) atoms. The molecule has 0 aliphatic carbocycles. The lowest BCUT2D eigenvalue weighted by Gasteiger charge is -2.02. The molecule has 0 spiro atoms. The quantitative estimate of drug-likeness (QED) is 0.747. The number of esters is 1. The number of anilines is 2. The minimum absolute atomic E-state index is 0.0621. The van der Waals surface area contributed by atoms with E-state index < -0.39 is 5.97 Å². The van der Waals surface area contributed by atoms with Crippen molar-refractivity contribution < 1.29 is 18.5 Å². The molecule has 0 fully saturated rings. The number of nitrogens with one attached hydrogen (secondary N) is 1. The van der Waals surface area contributed by atoms with Gasteiger partial charge in [0.2, 0.25) is 11.7 Å². The van der Waals surface area contributed by atoms with E-state index in [2.05, 4.69) is 20.4 Å². The Bertz CT molecular complexity index is 592. The first kappa shape index (κ1) is 14.8. The predicted octanol–water partition coefficient (Wildman–Crippen LogP) is 0.955. The normalized spacial score (nSPS) is 10.4. The number of nitrogens with zero attached hydrogens (tertiary/aromatic N) is 4. The van der Waals surface area contributed by atoms with E-state index in [1.54, 1.807) is 11.8 Å². The zero-order valence-corrected chi connectivity index (χ0v) is 12.1. The molecule has 0 saturated carbocycles. The average Bonchev–Trinajstić information content (AvgIpc) is 3.08. The van der Waals surface area contributed by atoms with Gasteiger partial charge in [-0.3, -0.25) is 0 Å². The topological polar surface area (TPSA) is 107 Å². The van der Waals surface area contributed by atoms with Gasteiger partial charge in [-0.05, 0) is 12.1 Å². The highest BCUT2D eigenvalue weighted by Gasteiger charge is 2.13. The monoisotopic (exact) mass is 295 g/mol. The maximum absolute atomic E-state index is 11.4. The van der Waals surface area contributed by atoms with Crippen LogP contribution in [0.5, 0.6) is 0 Å². The van der Waals surface area contributed by atoms with Crippen LogP contribution < -0.4 is 10.2 Å². The maximum atomic E-state index is 11.4. The van der Waals surface area contributed by atoms with Gasteiger partial charge < -0.3 is 23.9 Å². The summed E-state index contributed by atoms with van der Waals surface area (Å²) in [6.45, 7) is 2.49. The van der Waals surface area contributed by atoms with Crippen LogP contribution in [0.25, 0.3) is 0 Å². The lowest BCUT2D eigenvalue weighted by molar-refractivity contribution is 0.0491. The molecule has 9 heteroatoms. The number of carbonyl (C=O) groups excluding carboxylic acids is 1. The summed E-state index contributed by atoms with van der Waals surface area (Å²) < 4.78 is 15.1. The Hall–Kier alpha value is -2.58. The molecule has 0 radical (unpaired) electrons. The number of ether oxygens (including phenoxy) is 1.